The van der Waals surface area contributed by atoms with Crippen molar-refractivity contribution in [3.63, 3.8) is 0 Å². The van der Waals surface area contributed by atoms with Crippen molar-refractivity contribution in [2.75, 3.05) is 25.6 Å². The molecule has 0 amide bonds. The number of aromatic nitrogens is 2. The van der Waals surface area contributed by atoms with Gasteiger partial charge in [0.1, 0.15) is 0 Å². The van der Waals surface area contributed by atoms with Crippen LogP contribution < -0.4 is 5.32 Å². The number of rotatable bonds is 5. The van der Waals surface area contributed by atoms with E-state index >= 15 is 0 Å². The lowest BCUT2D eigenvalue weighted by atomic mass is 10.2. The van der Waals surface area contributed by atoms with Gasteiger partial charge in [-0.2, -0.15) is 8.75 Å². The highest BCUT2D eigenvalue weighted by Crippen LogP contribution is 2.17. The van der Waals surface area contributed by atoms with E-state index in [2.05, 4.69) is 21.0 Å². The van der Waals surface area contributed by atoms with Crippen molar-refractivity contribution < 1.29 is 4.74 Å². The molecule has 0 aromatic carbocycles. The van der Waals surface area contributed by atoms with Crippen LogP contribution in [0.15, 0.2) is 0 Å². The molecule has 6 heteroatoms. The molecule has 1 atom stereocenters. The number of nitrogens with one attached hydrogen (secondary N) is 1. The molecule has 1 aromatic heterocycles. The smallest absolute Gasteiger partial charge is 0.186 e. The van der Waals surface area contributed by atoms with Crippen molar-refractivity contribution in [3.05, 3.63) is 5.15 Å². The van der Waals surface area contributed by atoms with Gasteiger partial charge in [0.05, 0.1) is 18.3 Å². The van der Waals surface area contributed by atoms with Crippen molar-refractivity contribution in [1.29, 1.82) is 0 Å². The number of halogens is 1. The zero-order valence-electron chi connectivity index (χ0n) is 7.58. The van der Waals surface area contributed by atoms with Crippen LogP contribution in [0.3, 0.4) is 0 Å². The molecule has 1 aromatic rings. The van der Waals surface area contributed by atoms with Crippen LogP contribution in [-0.4, -0.2) is 29.0 Å². The Morgan fingerprint density at radius 1 is 1.62 bits per heavy atom. The summed E-state index contributed by atoms with van der Waals surface area (Å²) in [6.45, 7) is 3.60. The molecule has 0 aliphatic rings. The van der Waals surface area contributed by atoms with Gasteiger partial charge in [0.15, 0.2) is 11.0 Å². The Hall–Kier alpha value is -0.390. The maximum absolute atomic E-state index is 5.74. The van der Waals surface area contributed by atoms with Crippen molar-refractivity contribution in [2.45, 2.75) is 6.92 Å². The van der Waals surface area contributed by atoms with Crippen LogP contribution >= 0.6 is 23.3 Å². The fourth-order valence-electron chi connectivity index (χ4n) is 0.898. The molecule has 0 aliphatic carbocycles. The third-order valence-electron chi connectivity index (χ3n) is 1.52. The summed E-state index contributed by atoms with van der Waals surface area (Å²) in [5.74, 6) is 1.09. The standard InChI is InChI=1S/C7H12ClN3OS/c1-5(4-12-2)3-9-7-6(8)10-13-11-7/h5H,3-4H2,1-2H3,(H,9,11). The average Bonchev–Trinajstić information content (AvgIpc) is 2.48. The van der Waals surface area contributed by atoms with Crippen LogP contribution in [0, 0.1) is 5.92 Å². The molecule has 0 fully saturated rings. The molecule has 13 heavy (non-hydrogen) atoms. The molecule has 1 heterocycles. The third kappa shape index (κ3) is 3.46. The Bertz CT molecular complexity index is 256. The molecule has 0 saturated heterocycles. The van der Waals surface area contributed by atoms with Crippen molar-refractivity contribution >= 4 is 29.1 Å². The molecule has 0 radical (unpaired) electrons. The molecular weight excluding hydrogens is 210 g/mol. The van der Waals surface area contributed by atoms with Crippen molar-refractivity contribution in [3.8, 4) is 0 Å². The van der Waals surface area contributed by atoms with E-state index in [0.29, 0.717) is 16.9 Å². The van der Waals surface area contributed by atoms with Crippen LogP contribution in [0.1, 0.15) is 6.92 Å². The zero-order chi connectivity index (χ0) is 9.68. The maximum atomic E-state index is 5.74. The summed E-state index contributed by atoms with van der Waals surface area (Å²) in [6.07, 6.45) is 0. The second-order valence-corrected chi connectivity index (χ2v) is 3.73. The topological polar surface area (TPSA) is 47.0 Å². The monoisotopic (exact) mass is 221 g/mol. The Balaban J connectivity index is 2.30. The van der Waals surface area contributed by atoms with Gasteiger partial charge < -0.3 is 10.1 Å². The van der Waals surface area contributed by atoms with Gasteiger partial charge in [-0.25, -0.2) is 0 Å². The lowest BCUT2D eigenvalue weighted by Crippen LogP contribution is -2.16. The summed E-state index contributed by atoms with van der Waals surface area (Å²) >= 11 is 6.85. The van der Waals surface area contributed by atoms with E-state index in [4.69, 9.17) is 16.3 Å². The Morgan fingerprint density at radius 2 is 2.38 bits per heavy atom. The van der Waals surface area contributed by atoms with Gasteiger partial charge in [-0.15, -0.1) is 0 Å². The van der Waals surface area contributed by atoms with E-state index in [1.54, 1.807) is 7.11 Å². The maximum Gasteiger partial charge on any atom is 0.186 e. The molecule has 1 rings (SSSR count). The molecular formula is C7H12ClN3OS. The summed E-state index contributed by atoms with van der Waals surface area (Å²) in [5.41, 5.74) is 0. The highest BCUT2D eigenvalue weighted by molar-refractivity contribution is 6.99. The third-order valence-corrected chi connectivity index (χ3v) is 2.41. The second kappa shape index (κ2) is 5.36. The lowest BCUT2D eigenvalue weighted by molar-refractivity contribution is 0.164. The number of methoxy groups -OCH3 is 1. The fourth-order valence-corrected chi connectivity index (χ4v) is 1.58. The van der Waals surface area contributed by atoms with Crippen LogP contribution in [-0.2, 0) is 4.74 Å². The highest BCUT2D eigenvalue weighted by Gasteiger charge is 2.06. The molecule has 0 saturated carbocycles. The highest BCUT2D eigenvalue weighted by atomic mass is 35.5. The summed E-state index contributed by atoms with van der Waals surface area (Å²) in [6, 6.07) is 0. The van der Waals surface area contributed by atoms with Gasteiger partial charge in [0.25, 0.3) is 0 Å². The van der Waals surface area contributed by atoms with Gasteiger partial charge in [-0.05, 0) is 5.92 Å². The normalized spacial score (nSPS) is 12.8. The van der Waals surface area contributed by atoms with Gasteiger partial charge in [-0.3, -0.25) is 0 Å². The Kier molecular flexibility index (Phi) is 4.41. The second-order valence-electron chi connectivity index (χ2n) is 2.85. The minimum Gasteiger partial charge on any atom is -0.384 e. The number of ether oxygens (including phenoxy) is 1. The fraction of sp³-hybridized carbons (Fsp3) is 0.714. The number of nitrogens with zero attached hydrogens (tertiary/aromatic N) is 2. The molecule has 0 spiro atoms. The lowest BCUT2D eigenvalue weighted by Gasteiger charge is -2.10. The predicted octanol–water partition coefficient (Wildman–Crippen LogP) is 1.89. The molecule has 1 unspecified atom stereocenters. The van der Waals surface area contributed by atoms with Gasteiger partial charge in [-0.1, -0.05) is 18.5 Å². The molecule has 74 valence electrons. The van der Waals surface area contributed by atoms with E-state index in [1.807, 2.05) is 0 Å². The first kappa shape index (κ1) is 10.7. The van der Waals surface area contributed by atoms with Crippen molar-refractivity contribution in [1.82, 2.24) is 8.75 Å². The van der Waals surface area contributed by atoms with E-state index in [9.17, 15) is 0 Å². The number of anilines is 1. The van der Waals surface area contributed by atoms with E-state index < -0.39 is 0 Å². The quantitative estimate of drug-likeness (QED) is 0.825. The Morgan fingerprint density at radius 3 is 2.92 bits per heavy atom. The number of hydrogen-bond acceptors (Lipinski definition) is 5. The number of hydrogen-bond donors (Lipinski definition) is 1. The molecule has 0 aliphatic heterocycles. The first-order valence-electron chi connectivity index (χ1n) is 3.95. The van der Waals surface area contributed by atoms with Crippen LogP contribution in [0.5, 0.6) is 0 Å². The minimum atomic E-state index is 0.433. The minimum absolute atomic E-state index is 0.433. The summed E-state index contributed by atoms with van der Waals surface area (Å²) in [5, 5.41) is 3.54. The molecule has 1 N–H and O–H groups in total. The van der Waals surface area contributed by atoms with Crippen LogP contribution in [0.25, 0.3) is 0 Å². The summed E-state index contributed by atoms with van der Waals surface area (Å²) in [7, 11) is 1.69. The largest absolute Gasteiger partial charge is 0.384 e. The first-order valence-corrected chi connectivity index (χ1v) is 5.05. The molecule has 0 bridgehead atoms. The van der Waals surface area contributed by atoms with Gasteiger partial charge in [0.2, 0.25) is 0 Å². The zero-order valence-corrected chi connectivity index (χ0v) is 9.15. The van der Waals surface area contributed by atoms with Crippen LogP contribution in [0.4, 0.5) is 5.82 Å². The Labute approximate surface area is 86.6 Å². The summed E-state index contributed by atoms with van der Waals surface area (Å²) in [4.78, 5) is 0. The predicted molar refractivity (Wildman–Crippen MR) is 54.4 cm³/mol. The van der Waals surface area contributed by atoms with E-state index in [1.165, 1.54) is 0 Å². The van der Waals surface area contributed by atoms with Crippen LogP contribution in [0.2, 0.25) is 5.15 Å². The molecule has 4 nitrogen and oxygen atoms in total. The average molecular weight is 222 g/mol. The SMILES string of the molecule is COCC(C)CNc1nsnc1Cl. The van der Waals surface area contributed by atoms with E-state index in [0.717, 1.165) is 24.9 Å². The van der Waals surface area contributed by atoms with Gasteiger partial charge in [0, 0.05) is 13.7 Å². The van der Waals surface area contributed by atoms with E-state index in [-0.39, 0.29) is 0 Å². The van der Waals surface area contributed by atoms with Crippen molar-refractivity contribution in [2.24, 2.45) is 5.92 Å². The first-order chi connectivity index (χ1) is 6.24. The van der Waals surface area contributed by atoms with Gasteiger partial charge >= 0.3 is 0 Å². The summed E-state index contributed by atoms with van der Waals surface area (Å²) < 4.78 is 12.8.